The molecule has 0 saturated carbocycles. The lowest BCUT2D eigenvalue weighted by atomic mass is 10.2. The molecule has 0 bridgehead atoms. The molecule has 102 valence electrons. The molecule has 0 radical (unpaired) electrons. The highest BCUT2D eigenvalue weighted by molar-refractivity contribution is 5.87. The number of carboxylic acids is 1. The molecular formula is C11H19N3O4. The maximum Gasteiger partial charge on any atom is 0.326 e. The van der Waals surface area contributed by atoms with Gasteiger partial charge in [0.1, 0.15) is 6.04 Å². The van der Waals surface area contributed by atoms with E-state index in [0.29, 0.717) is 25.9 Å². The standard InChI is InChI=1S/C11H19N3O4/c1-2-5-12-9(15)7-13-11(18)14-6-3-4-8(14)10(16)17/h8H,2-7H2,1H3,(H,12,15)(H,13,18)(H,16,17)/t8-/m1/s1. The van der Waals surface area contributed by atoms with Gasteiger partial charge in [0.05, 0.1) is 6.54 Å². The smallest absolute Gasteiger partial charge is 0.326 e. The van der Waals surface area contributed by atoms with Crippen molar-refractivity contribution in [2.24, 2.45) is 0 Å². The third kappa shape index (κ3) is 3.90. The van der Waals surface area contributed by atoms with Crippen LogP contribution in [0.1, 0.15) is 26.2 Å². The summed E-state index contributed by atoms with van der Waals surface area (Å²) in [6.07, 6.45) is 1.96. The molecule has 3 N–H and O–H groups in total. The summed E-state index contributed by atoms with van der Waals surface area (Å²) in [5, 5.41) is 14.0. The van der Waals surface area contributed by atoms with Crippen LogP contribution in [-0.4, -0.2) is 53.6 Å². The monoisotopic (exact) mass is 257 g/mol. The van der Waals surface area contributed by atoms with Crippen LogP contribution in [0.25, 0.3) is 0 Å². The fourth-order valence-electron chi connectivity index (χ4n) is 1.85. The number of nitrogens with one attached hydrogen (secondary N) is 2. The number of carbonyl (C=O) groups is 3. The molecule has 1 rings (SSSR count). The number of hydrogen-bond donors (Lipinski definition) is 3. The Morgan fingerprint density at radius 3 is 2.67 bits per heavy atom. The van der Waals surface area contributed by atoms with Gasteiger partial charge in [0.25, 0.3) is 0 Å². The number of nitrogens with zero attached hydrogens (tertiary/aromatic N) is 1. The summed E-state index contributed by atoms with van der Waals surface area (Å²) >= 11 is 0. The van der Waals surface area contributed by atoms with Gasteiger partial charge in [-0.15, -0.1) is 0 Å². The molecule has 1 aliphatic rings. The zero-order valence-electron chi connectivity index (χ0n) is 10.4. The predicted octanol–water partition coefficient (Wildman–Crippen LogP) is -0.229. The molecule has 1 heterocycles. The number of likely N-dealkylation sites (tertiary alicyclic amines) is 1. The van der Waals surface area contributed by atoms with Gasteiger partial charge in [0.15, 0.2) is 0 Å². The van der Waals surface area contributed by atoms with E-state index in [1.54, 1.807) is 0 Å². The first-order valence-electron chi connectivity index (χ1n) is 6.10. The van der Waals surface area contributed by atoms with E-state index < -0.39 is 18.0 Å². The number of amides is 3. The summed E-state index contributed by atoms with van der Waals surface area (Å²) in [6, 6.07) is -1.27. The van der Waals surface area contributed by atoms with E-state index in [-0.39, 0.29) is 12.5 Å². The topological polar surface area (TPSA) is 98.7 Å². The highest BCUT2D eigenvalue weighted by Gasteiger charge is 2.33. The molecule has 0 aromatic carbocycles. The number of urea groups is 1. The minimum absolute atomic E-state index is 0.123. The van der Waals surface area contributed by atoms with Gasteiger partial charge in [0.2, 0.25) is 5.91 Å². The van der Waals surface area contributed by atoms with Crippen LogP contribution in [0, 0.1) is 0 Å². The minimum atomic E-state index is -1.00. The average Bonchev–Trinajstić information content (AvgIpc) is 2.82. The van der Waals surface area contributed by atoms with Gasteiger partial charge in [-0.2, -0.15) is 0 Å². The van der Waals surface area contributed by atoms with Gasteiger partial charge in [-0.3, -0.25) is 4.79 Å². The van der Waals surface area contributed by atoms with Gasteiger partial charge in [-0.05, 0) is 19.3 Å². The van der Waals surface area contributed by atoms with Crippen LogP contribution in [0.2, 0.25) is 0 Å². The summed E-state index contributed by atoms with van der Waals surface area (Å²) in [4.78, 5) is 35.1. The highest BCUT2D eigenvalue weighted by atomic mass is 16.4. The third-order valence-corrected chi connectivity index (χ3v) is 2.77. The first-order chi connectivity index (χ1) is 8.56. The van der Waals surface area contributed by atoms with Crippen LogP contribution in [0.15, 0.2) is 0 Å². The Kier molecular flexibility index (Phi) is 5.41. The lowest BCUT2D eigenvalue weighted by molar-refractivity contribution is -0.141. The van der Waals surface area contributed by atoms with Crippen molar-refractivity contribution in [3.05, 3.63) is 0 Å². The van der Waals surface area contributed by atoms with Crippen LogP contribution in [0.3, 0.4) is 0 Å². The van der Waals surface area contributed by atoms with Crippen molar-refractivity contribution in [3.63, 3.8) is 0 Å². The maximum absolute atomic E-state index is 11.7. The molecule has 0 spiro atoms. The quantitative estimate of drug-likeness (QED) is 0.633. The number of carbonyl (C=O) groups excluding carboxylic acids is 2. The van der Waals surface area contributed by atoms with Gasteiger partial charge < -0.3 is 20.6 Å². The molecule has 7 heteroatoms. The zero-order valence-corrected chi connectivity index (χ0v) is 10.4. The second-order valence-corrected chi connectivity index (χ2v) is 4.20. The van der Waals surface area contributed by atoms with Crippen molar-refractivity contribution in [1.29, 1.82) is 0 Å². The Hall–Kier alpha value is -1.79. The van der Waals surface area contributed by atoms with E-state index >= 15 is 0 Å². The van der Waals surface area contributed by atoms with E-state index in [1.807, 2.05) is 6.92 Å². The average molecular weight is 257 g/mol. The van der Waals surface area contributed by atoms with Crippen LogP contribution in [0.4, 0.5) is 4.79 Å². The molecule has 1 saturated heterocycles. The van der Waals surface area contributed by atoms with Crippen molar-refractivity contribution < 1.29 is 19.5 Å². The summed E-state index contributed by atoms with van der Waals surface area (Å²) in [7, 11) is 0. The van der Waals surface area contributed by atoms with Gasteiger partial charge >= 0.3 is 12.0 Å². The summed E-state index contributed by atoms with van der Waals surface area (Å²) < 4.78 is 0. The number of rotatable bonds is 5. The fraction of sp³-hybridized carbons (Fsp3) is 0.727. The second-order valence-electron chi connectivity index (χ2n) is 4.20. The Labute approximate surface area is 106 Å². The van der Waals surface area contributed by atoms with Crippen molar-refractivity contribution >= 4 is 17.9 Å². The summed E-state index contributed by atoms with van der Waals surface area (Å²) in [5.41, 5.74) is 0. The molecule has 0 aliphatic carbocycles. The van der Waals surface area contributed by atoms with Crippen molar-refractivity contribution in [1.82, 2.24) is 15.5 Å². The molecule has 0 aromatic heterocycles. The Morgan fingerprint density at radius 1 is 1.33 bits per heavy atom. The molecule has 0 aromatic rings. The summed E-state index contributed by atoms with van der Waals surface area (Å²) in [6.45, 7) is 2.79. The van der Waals surface area contributed by atoms with Gasteiger partial charge in [-0.1, -0.05) is 6.92 Å². The van der Waals surface area contributed by atoms with E-state index in [4.69, 9.17) is 5.11 Å². The largest absolute Gasteiger partial charge is 0.480 e. The van der Waals surface area contributed by atoms with Crippen molar-refractivity contribution in [3.8, 4) is 0 Å². The predicted molar refractivity (Wildman–Crippen MR) is 64.1 cm³/mol. The van der Waals surface area contributed by atoms with Crippen LogP contribution in [0.5, 0.6) is 0 Å². The van der Waals surface area contributed by atoms with E-state index in [2.05, 4.69) is 10.6 Å². The molecule has 1 atom stereocenters. The molecule has 0 unspecified atom stereocenters. The van der Waals surface area contributed by atoms with E-state index in [1.165, 1.54) is 4.90 Å². The first-order valence-corrected chi connectivity index (χ1v) is 6.10. The third-order valence-electron chi connectivity index (χ3n) is 2.77. The number of aliphatic carboxylic acids is 1. The second kappa shape index (κ2) is 6.83. The fourth-order valence-corrected chi connectivity index (χ4v) is 1.85. The van der Waals surface area contributed by atoms with Gasteiger partial charge in [-0.25, -0.2) is 9.59 Å². The Morgan fingerprint density at radius 2 is 2.06 bits per heavy atom. The lowest BCUT2D eigenvalue weighted by Crippen LogP contribution is -2.48. The molecule has 7 nitrogen and oxygen atoms in total. The Balaban J connectivity index is 2.36. The van der Waals surface area contributed by atoms with E-state index in [0.717, 1.165) is 6.42 Å². The van der Waals surface area contributed by atoms with Crippen LogP contribution < -0.4 is 10.6 Å². The maximum atomic E-state index is 11.7. The van der Waals surface area contributed by atoms with Crippen molar-refractivity contribution in [2.45, 2.75) is 32.2 Å². The molecule has 18 heavy (non-hydrogen) atoms. The molecule has 1 aliphatic heterocycles. The zero-order chi connectivity index (χ0) is 13.5. The number of carboxylic acid groups (broad SMARTS) is 1. The van der Waals surface area contributed by atoms with Gasteiger partial charge in [0, 0.05) is 13.1 Å². The van der Waals surface area contributed by atoms with Crippen LogP contribution in [-0.2, 0) is 9.59 Å². The van der Waals surface area contributed by atoms with Crippen molar-refractivity contribution in [2.75, 3.05) is 19.6 Å². The lowest BCUT2D eigenvalue weighted by Gasteiger charge is -2.21. The van der Waals surface area contributed by atoms with E-state index in [9.17, 15) is 14.4 Å². The SMILES string of the molecule is CCCNC(=O)CNC(=O)N1CCC[C@@H]1C(=O)O. The molecular weight excluding hydrogens is 238 g/mol. The minimum Gasteiger partial charge on any atom is -0.480 e. The summed E-state index contributed by atoms with van der Waals surface area (Å²) in [5.74, 6) is -1.27. The number of hydrogen-bond acceptors (Lipinski definition) is 3. The van der Waals surface area contributed by atoms with Crippen LogP contribution >= 0.6 is 0 Å². The molecule has 3 amide bonds. The molecule has 1 fully saturated rings. The first kappa shape index (κ1) is 14.3. The Bertz CT molecular complexity index is 332. The highest BCUT2D eigenvalue weighted by Crippen LogP contribution is 2.16. The normalized spacial score (nSPS) is 18.5.